The largest absolute Gasteiger partial charge is 0.486 e. The molecule has 2 aromatic rings. The number of rotatable bonds is 4. The Labute approximate surface area is 124 Å². The molecule has 1 N–H and O–H groups in total. The van der Waals surface area contributed by atoms with Crippen molar-refractivity contribution >= 4 is 15.9 Å². The maximum Gasteiger partial charge on any atom is 0.162 e. The number of hydrogen-bond acceptors (Lipinski definition) is 5. The number of aliphatic hydroxyl groups is 1. The summed E-state index contributed by atoms with van der Waals surface area (Å²) in [6.07, 6.45) is 2.35. The lowest BCUT2D eigenvalue weighted by Gasteiger charge is -2.19. The quantitative estimate of drug-likeness (QED) is 0.911. The maximum atomic E-state index is 8.88. The summed E-state index contributed by atoms with van der Waals surface area (Å²) in [4.78, 5) is 0. The highest BCUT2D eigenvalue weighted by Crippen LogP contribution is 2.35. The van der Waals surface area contributed by atoms with E-state index in [1.807, 2.05) is 18.3 Å². The molecule has 0 spiro atoms. The topological polar surface area (TPSA) is 69.4 Å². The van der Waals surface area contributed by atoms with Gasteiger partial charge < -0.3 is 14.6 Å². The van der Waals surface area contributed by atoms with Gasteiger partial charge in [0.15, 0.2) is 11.5 Å². The molecule has 0 aliphatic carbocycles. The molecule has 3 rings (SSSR count). The summed E-state index contributed by atoms with van der Waals surface area (Å²) in [5.41, 5.74) is 1.82. The number of fused-ring (bicyclic) bond motifs is 1. The average molecular weight is 340 g/mol. The molecule has 0 saturated heterocycles. The zero-order valence-electron chi connectivity index (χ0n) is 10.8. The molecule has 6 nitrogen and oxygen atoms in total. The van der Waals surface area contributed by atoms with Crippen molar-refractivity contribution in [1.29, 1.82) is 0 Å². The zero-order valence-corrected chi connectivity index (χ0v) is 12.3. The van der Waals surface area contributed by atoms with E-state index in [2.05, 4.69) is 26.2 Å². The number of aromatic nitrogens is 3. The van der Waals surface area contributed by atoms with Gasteiger partial charge in [0, 0.05) is 23.7 Å². The number of ether oxygens (including phenoxy) is 2. The predicted molar refractivity (Wildman–Crippen MR) is 75.0 cm³/mol. The Morgan fingerprint density at radius 1 is 1.25 bits per heavy atom. The molecule has 1 aromatic carbocycles. The normalized spacial score (nSPS) is 13.5. The average Bonchev–Trinajstić information content (AvgIpc) is 2.87. The second kappa shape index (κ2) is 5.80. The summed E-state index contributed by atoms with van der Waals surface area (Å²) in [7, 11) is 0. The Kier molecular flexibility index (Phi) is 3.88. The van der Waals surface area contributed by atoms with Crippen LogP contribution in [0.5, 0.6) is 11.5 Å². The molecular weight excluding hydrogens is 326 g/mol. The molecule has 2 heterocycles. The Morgan fingerprint density at radius 2 is 2.00 bits per heavy atom. The van der Waals surface area contributed by atoms with Crippen LogP contribution in [-0.4, -0.2) is 39.9 Å². The number of benzene rings is 1. The third-order valence-corrected chi connectivity index (χ3v) is 3.74. The molecule has 0 radical (unpaired) electrons. The molecule has 0 amide bonds. The SMILES string of the molecule is OCCc1cn(Cc2cc3c(cc2Br)OCCO3)nn1. The van der Waals surface area contributed by atoms with Gasteiger partial charge in [0.05, 0.1) is 12.2 Å². The van der Waals surface area contributed by atoms with E-state index >= 15 is 0 Å². The van der Waals surface area contributed by atoms with Crippen LogP contribution in [0.1, 0.15) is 11.3 Å². The summed E-state index contributed by atoms with van der Waals surface area (Å²) in [6.45, 7) is 1.80. The van der Waals surface area contributed by atoms with Crippen molar-refractivity contribution in [2.24, 2.45) is 0 Å². The summed E-state index contributed by atoms with van der Waals surface area (Å²) in [5.74, 6) is 1.51. The molecule has 7 heteroatoms. The lowest BCUT2D eigenvalue weighted by molar-refractivity contribution is 0.171. The van der Waals surface area contributed by atoms with Crippen LogP contribution in [0.2, 0.25) is 0 Å². The second-order valence-corrected chi connectivity index (χ2v) is 5.32. The van der Waals surface area contributed by atoms with Crippen LogP contribution < -0.4 is 9.47 Å². The fourth-order valence-electron chi connectivity index (χ4n) is 2.05. The molecule has 106 valence electrons. The highest BCUT2D eigenvalue weighted by Gasteiger charge is 2.15. The van der Waals surface area contributed by atoms with Crippen molar-refractivity contribution < 1.29 is 14.6 Å². The fourth-order valence-corrected chi connectivity index (χ4v) is 2.49. The van der Waals surface area contributed by atoms with E-state index in [1.165, 1.54) is 0 Å². The highest BCUT2D eigenvalue weighted by molar-refractivity contribution is 9.10. The van der Waals surface area contributed by atoms with Crippen LogP contribution >= 0.6 is 15.9 Å². The van der Waals surface area contributed by atoms with E-state index in [0.717, 1.165) is 27.2 Å². The van der Waals surface area contributed by atoms with Crippen LogP contribution in [0.3, 0.4) is 0 Å². The molecule has 0 fully saturated rings. The summed E-state index contributed by atoms with van der Waals surface area (Å²) in [5, 5.41) is 16.9. The second-order valence-electron chi connectivity index (χ2n) is 4.47. The Hall–Kier alpha value is -1.60. The minimum Gasteiger partial charge on any atom is -0.486 e. The molecule has 0 unspecified atom stereocenters. The minimum absolute atomic E-state index is 0.0758. The molecule has 1 aromatic heterocycles. The third-order valence-electron chi connectivity index (χ3n) is 3.00. The third kappa shape index (κ3) is 2.78. The van der Waals surface area contributed by atoms with Gasteiger partial charge in [-0.3, -0.25) is 0 Å². The predicted octanol–water partition coefficient (Wildman–Crippen LogP) is 1.39. The summed E-state index contributed by atoms with van der Waals surface area (Å²) >= 11 is 3.53. The number of hydrogen-bond donors (Lipinski definition) is 1. The van der Waals surface area contributed by atoms with E-state index in [4.69, 9.17) is 14.6 Å². The first kappa shape index (κ1) is 13.4. The van der Waals surface area contributed by atoms with Crippen molar-refractivity contribution in [2.45, 2.75) is 13.0 Å². The Morgan fingerprint density at radius 3 is 2.75 bits per heavy atom. The van der Waals surface area contributed by atoms with Gasteiger partial charge in [0.25, 0.3) is 0 Å². The van der Waals surface area contributed by atoms with E-state index in [9.17, 15) is 0 Å². The first-order valence-corrected chi connectivity index (χ1v) is 7.13. The van der Waals surface area contributed by atoms with Crippen molar-refractivity contribution in [3.8, 4) is 11.5 Å². The van der Waals surface area contributed by atoms with Gasteiger partial charge in [-0.25, -0.2) is 4.68 Å². The van der Waals surface area contributed by atoms with Gasteiger partial charge in [-0.2, -0.15) is 0 Å². The zero-order chi connectivity index (χ0) is 13.9. The van der Waals surface area contributed by atoms with Crippen LogP contribution in [0.15, 0.2) is 22.8 Å². The van der Waals surface area contributed by atoms with E-state index in [0.29, 0.717) is 26.2 Å². The number of halogens is 1. The lowest BCUT2D eigenvalue weighted by atomic mass is 10.2. The molecule has 0 saturated carbocycles. The first-order valence-electron chi connectivity index (χ1n) is 6.34. The van der Waals surface area contributed by atoms with E-state index in [1.54, 1.807) is 4.68 Å². The molecule has 1 aliphatic heterocycles. The van der Waals surface area contributed by atoms with E-state index < -0.39 is 0 Å². The standard InChI is InChI=1S/C13H14BrN3O3/c14-11-6-13-12(19-3-4-20-13)5-9(11)7-17-8-10(1-2-18)15-16-17/h5-6,8,18H,1-4,7H2. The summed E-state index contributed by atoms with van der Waals surface area (Å²) < 4.78 is 13.8. The van der Waals surface area contributed by atoms with Gasteiger partial charge in [0.2, 0.25) is 0 Å². The Bertz CT molecular complexity index is 615. The monoisotopic (exact) mass is 339 g/mol. The molecular formula is C13H14BrN3O3. The summed E-state index contributed by atoms with van der Waals surface area (Å²) in [6, 6.07) is 3.86. The van der Waals surface area contributed by atoms with Crippen LogP contribution in [0.4, 0.5) is 0 Å². The molecule has 20 heavy (non-hydrogen) atoms. The molecule has 1 aliphatic rings. The smallest absolute Gasteiger partial charge is 0.162 e. The molecule has 0 bridgehead atoms. The van der Waals surface area contributed by atoms with Gasteiger partial charge in [0.1, 0.15) is 13.2 Å². The number of nitrogens with zero attached hydrogens (tertiary/aromatic N) is 3. The van der Waals surface area contributed by atoms with Crippen molar-refractivity contribution in [1.82, 2.24) is 15.0 Å². The Balaban J connectivity index is 1.82. The fraction of sp³-hybridized carbons (Fsp3) is 0.385. The lowest BCUT2D eigenvalue weighted by Crippen LogP contribution is -2.16. The van der Waals surface area contributed by atoms with Crippen molar-refractivity contribution in [2.75, 3.05) is 19.8 Å². The van der Waals surface area contributed by atoms with Gasteiger partial charge in [-0.05, 0) is 17.7 Å². The van der Waals surface area contributed by atoms with E-state index in [-0.39, 0.29) is 6.61 Å². The first-order chi connectivity index (χ1) is 9.76. The molecule has 0 atom stereocenters. The van der Waals surface area contributed by atoms with Crippen LogP contribution in [0.25, 0.3) is 0 Å². The minimum atomic E-state index is 0.0758. The van der Waals surface area contributed by atoms with Gasteiger partial charge in [-0.1, -0.05) is 21.1 Å². The maximum absolute atomic E-state index is 8.88. The highest BCUT2D eigenvalue weighted by atomic mass is 79.9. The van der Waals surface area contributed by atoms with Gasteiger partial charge >= 0.3 is 0 Å². The van der Waals surface area contributed by atoms with Crippen LogP contribution in [0, 0.1) is 0 Å². The van der Waals surface area contributed by atoms with Crippen molar-refractivity contribution in [3.63, 3.8) is 0 Å². The van der Waals surface area contributed by atoms with Gasteiger partial charge in [-0.15, -0.1) is 5.10 Å². The van der Waals surface area contributed by atoms with Crippen molar-refractivity contribution in [3.05, 3.63) is 34.1 Å². The number of aliphatic hydroxyl groups excluding tert-OH is 1. The van der Waals surface area contributed by atoms with Crippen LogP contribution in [-0.2, 0) is 13.0 Å².